The smallest absolute Gasteiger partial charge is 0.251 e. The van der Waals surface area contributed by atoms with E-state index in [1.54, 1.807) is 0 Å². The fourth-order valence-corrected chi connectivity index (χ4v) is 2.98. The van der Waals surface area contributed by atoms with Crippen molar-refractivity contribution in [3.63, 3.8) is 0 Å². The van der Waals surface area contributed by atoms with Crippen molar-refractivity contribution in [1.29, 1.82) is 0 Å². The molecule has 19 heavy (non-hydrogen) atoms. The van der Waals surface area contributed by atoms with E-state index in [2.05, 4.69) is 12.2 Å². The molecule has 2 nitrogen and oxygen atoms in total. The largest absolute Gasteiger partial charge is 0.352 e. The lowest BCUT2D eigenvalue weighted by Gasteiger charge is -2.27. The second-order valence-corrected chi connectivity index (χ2v) is 5.88. The lowest BCUT2D eigenvalue weighted by Crippen LogP contribution is -2.34. The standard InChI is InChI=1S/C16H22ClNO/c1-2-12-7-9-13(10-8-12)16(19)18-11-14-5-3-4-6-15(14)17/h7-10,14-15H,2-6,11H2,1H3,(H,18,19). The van der Waals surface area contributed by atoms with Crippen molar-refractivity contribution in [2.45, 2.75) is 44.4 Å². The molecule has 1 aromatic carbocycles. The van der Waals surface area contributed by atoms with Gasteiger partial charge in [-0.3, -0.25) is 4.79 Å². The zero-order chi connectivity index (χ0) is 13.7. The van der Waals surface area contributed by atoms with Crippen LogP contribution in [0.25, 0.3) is 0 Å². The Hall–Kier alpha value is -1.02. The Balaban J connectivity index is 1.86. The molecule has 0 saturated heterocycles. The summed E-state index contributed by atoms with van der Waals surface area (Å²) < 4.78 is 0. The summed E-state index contributed by atoms with van der Waals surface area (Å²) in [6.07, 6.45) is 5.65. The summed E-state index contributed by atoms with van der Waals surface area (Å²) >= 11 is 6.30. The molecule has 0 aromatic heterocycles. The molecule has 0 aliphatic heterocycles. The van der Waals surface area contributed by atoms with Crippen LogP contribution in [-0.2, 0) is 6.42 Å². The molecule has 3 heteroatoms. The molecule has 0 spiro atoms. The molecule has 1 fully saturated rings. The molecular weight excluding hydrogens is 258 g/mol. The number of rotatable bonds is 4. The van der Waals surface area contributed by atoms with Crippen molar-refractivity contribution >= 4 is 17.5 Å². The van der Waals surface area contributed by atoms with E-state index in [0.717, 1.165) is 24.8 Å². The van der Waals surface area contributed by atoms with Crippen molar-refractivity contribution in [3.8, 4) is 0 Å². The Bertz CT molecular complexity index is 415. The summed E-state index contributed by atoms with van der Waals surface area (Å²) in [7, 11) is 0. The van der Waals surface area contributed by atoms with Crippen LogP contribution in [0.15, 0.2) is 24.3 Å². The molecule has 1 N–H and O–H groups in total. The van der Waals surface area contributed by atoms with E-state index in [1.165, 1.54) is 18.4 Å². The Morgan fingerprint density at radius 2 is 1.95 bits per heavy atom. The predicted molar refractivity (Wildman–Crippen MR) is 79.8 cm³/mol. The maximum Gasteiger partial charge on any atom is 0.251 e. The van der Waals surface area contributed by atoms with Gasteiger partial charge in [-0.25, -0.2) is 0 Å². The number of nitrogens with one attached hydrogen (secondary N) is 1. The van der Waals surface area contributed by atoms with Gasteiger partial charge in [0, 0.05) is 17.5 Å². The molecule has 1 aliphatic carbocycles. The fourth-order valence-electron chi connectivity index (χ4n) is 2.61. The first-order chi connectivity index (χ1) is 9.20. The van der Waals surface area contributed by atoms with E-state index < -0.39 is 0 Å². The van der Waals surface area contributed by atoms with Crippen molar-refractivity contribution < 1.29 is 4.79 Å². The highest BCUT2D eigenvalue weighted by Gasteiger charge is 2.23. The van der Waals surface area contributed by atoms with Crippen LogP contribution in [-0.4, -0.2) is 17.8 Å². The van der Waals surface area contributed by atoms with Crippen molar-refractivity contribution in [2.24, 2.45) is 5.92 Å². The second kappa shape index (κ2) is 6.95. The van der Waals surface area contributed by atoms with Crippen molar-refractivity contribution in [3.05, 3.63) is 35.4 Å². The minimum absolute atomic E-state index is 0.0112. The quantitative estimate of drug-likeness (QED) is 0.835. The third-order valence-electron chi connectivity index (χ3n) is 3.97. The normalized spacial score (nSPS) is 23.1. The van der Waals surface area contributed by atoms with Gasteiger partial charge in [-0.15, -0.1) is 11.6 Å². The SMILES string of the molecule is CCc1ccc(C(=O)NCC2CCCCC2Cl)cc1. The molecule has 1 aliphatic rings. The third-order valence-corrected chi connectivity index (χ3v) is 4.54. The maximum absolute atomic E-state index is 12.0. The molecule has 0 heterocycles. The highest BCUT2D eigenvalue weighted by molar-refractivity contribution is 6.20. The summed E-state index contributed by atoms with van der Waals surface area (Å²) in [4.78, 5) is 12.0. The topological polar surface area (TPSA) is 29.1 Å². The molecule has 2 rings (SSSR count). The first-order valence-corrected chi connectivity index (χ1v) is 7.65. The molecule has 1 aromatic rings. The monoisotopic (exact) mass is 279 g/mol. The lowest BCUT2D eigenvalue weighted by atomic mass is 9.88. The first kappa shape index (κ1) is 14.4. The van der Waals surface area contributed by atoms with Crippen LogP contribution < -0.4 is 5.32 Å². The third kappa shape index (κ3) is 3.97. The summed E-state index contributed by atoms with van der Waals surface area (Å²) in [5.74, 6) is 0.436. The maximum atomic E-state index is 12.0. The zero-order valence-electron chi connectivity index (χ0n) is 11.5. The van der Waals surface area contributed by atoms with Gasteiger partial charge in [-0.2, -0.15) is 0 Å². The Kier molecular flexibility index (Phi) is 5.26. The van der Waals surface area contributed by atoms with Gasteiger partial charge in [0.05, 0.1) is 0 Å². The summed E-state index contributed by atoms with van der Waals surface area (Å²) in [6, 6.07) is 7.82. The van der Waals surface area contributed by atoms with Gasteiger partial charge in [0.1, 0.15) is 0 Å². The van der Waals surface area contributed by atoms with E-state index in [1.807, 2.05) is 24.3 Å². The first-order valence-electron chi connectivity index (χ1n) is 7.22. The average molecular weight is 280 g/mol. The van der Waals surface area contributed by atoms with Gasteiger partial charge in [-0.1, -0.05) is 31.9 Å². The number of amides is 1. The van der Waals surface area contributed by atoms with Gasteiger partial charge in [0.25, 0.3) is 5.91 Å². The average Bonchev–Trinajstić information content (AvgIpc) is 2.46. The lowest BCUT2D eigenvalue weighted by molar-refractivity contribution is 0.0944. The van der Waals surface area contributed by atoms with Crippen LogP contribution in [0.4, 0.5) is 0 Å². The zero-order valence-corrected chi connectivity index (χ0v) is 12.2. The van der Waals surface area contributed by atoms with Gasteiger partial charge in [0.15, 0.2) is 0 Å². The molecule has 1 saturated carbocycles. The second-order valence-electron chi connectivity index (χ2n) is 5.32. The number of aryl methyl sites for hydroxylation is 1. The molecule has 2 atom stereocenters. The minimum Gasteiger partial charge on any atom is -0.352 e. The number of hydrogen-bond acceptors (Lipinski definition) is 1. The van der Waals surface area contributed by atoms with Crippen LogP contribution in [0, 0.1) is 5.92 Å². The van der Waals surface area contributed by atoms with E-state index in [4.69, 9.17) is 11.6 Å². The van der Waals surface area contributed by atoms with Gasteiger partial charge in [-0.05, 0) is 42.9 Å². The highest BCUT2D eigenvalue weighted by Crippen LogP contribution is 2.28. The van der Waals surface area contributed by atoms with E-state index in [0.29, 0.717) is 12.5 Å². The van der Waals surface area contributed by atoms with Crippen LogP contribution >= 0.6 is 11.6 Å². The summed E-state index contributed by atoms with van der Waals surface area (Å²) in [5, 5.41) is 3.23. The Morgan fingerprint density at radius 1 is 1.26 bits per heavy atom. The molecule has 2 unspecified atom stereocenters. The van der Waals surface area contributed by atoms with Crippen molar-refractivity contribution in [2.75, 3.05) is 6.54 Å². The number of halogens is 1. The number of carbonyl (C=O) groups is 1. The Labute approximate surface area is 120 Å². The fraction of sp³-hybridized carbons (Fsp3) is 0.562. The number of hydrogen-bond donors (Lipinski definition) is 1. The van der Waals surface area contributed by atoms with Gasteiger partial charge < -0.3 is 5.32 Å². The Morgan fingerprint density at radius 3 is 2.58 bits per heavy atom. The van der Waals surface area contributed by atoms with Crippen LogP contribution in [0.3, 0.4) is 0 Å². The highest BCUT2D eigenvalue weighted by atomic mass is 35.5. The minimum atomic E-state index is 0.0112. The van der Waals surface area contributed by atoms with Crippen LogP contribution in [0.2, 0.25) is 0 Å². The summed E-state index contributed by atoms with van der Waals surface area (Å²) in [5.41, 5.74) is 1.99. The van der Waals surface area contributed by atoms with Crippen LogP contribution in [0.5, 0.6) is 0 Å². The van der Waals surface area contributed by atoms with Gasteiger partial charge >= 0.3 is 0 Å². The predicted octanol–water partition coefficient (Wildman–Crippen LogP) is 3.78. The molecule has 0 radical (unpaired) electrons. The number of benzene rings is 1. The van der Waals surface area contributed by atoms with E-state index in [-0.39, 0.29) is 11.3 Å². The van der Waals surface area contributed by atoms with Crippen LogP contribution in [0.1, 0.15) is 48.5 Å². The number of carbonyl (C=O) groups excluding carboxylic acids is 1. The van der Waals surface area contributed by atoms with Crippen molar-refractivity contribution in [1.82, 2.24) is 5.32 Å². The number of alkyl halides is 1. The molecule has 1 amide bonds. The van der Waals surface area contributed by atoms with E-state index in [9.17, 15) is 4.79 Å². The molecule has 104 valence electrons. The molecule has 0 bridgehead atoms. The van der Waals surface area contributed by atoms with Gasteiger partial charge in [0.2, 0.25) is 0 Å². The summed E-state index contributed by atoms with van der Waals surface area (Å²) in [6.45, 7) is 2.81. The molecular formula is C16H22ClNO. The van der Waals surface area contributed by atoms with E-state index >= 15 is 0 Å².